The molecule has 8 nitrogen and oxygen atoms in total. The zero-order valence-electron chi connectivity index (χ0n) is 18.2. The topological polar surface area (TPSA) is 77.9 Å². The highest BCUT2D eigenvalue weighted by Gasteiger charge is 2.41. The van der Waals surface area contributed by atoms with Crippen molar-refractivity contribution in [1.29, 1.82) is 0 Å². The molecule has 4 rings (SSSR count). The van der Waals surface area contributed by atoms with Crippen LogP contribution in [0, 0.1) is 6.92 Å². The molecule has 162 valence electrons. The van der Waals surface area contributed by atoms with E-state index in [4.69, 9.17) is 14.2 Å². The zero-order chi connectivity index (χ0) is 21.3. The van der Waals surface area contributed by atoms with E-state index in [9.17, 15) is 4.79 Å². The summed E-state index contributed by atoms with van der Waals surface area (Å²) in [6.07, 6.45) is 4.38. The Balaban J connectivity index is 1.43. The Labute approximate surface area is 177 Å². The van der Waals surface area contributed by atoms with Crippen molar-refractivity contribution >= 4 is 11.6 Å². The van der Waals surface area contributed by atoms with Crippen molar-refractivity contribution in [2.45, 2.75) is 31.8 Å². The number of benzene rings is 1. The van der Waals surface area contributed by atoms with Crippen molar-refractivity contribution in [3.05, 3.63) is 35.2 Å². The molecule has 2 aromatic rings. The average Bonchev–Trinajstić information content (AvgIpc) is 3.05. The van der Waals surface area contributed by atoms with E-state index in [1.54, 1.807) is 18.9 Å². The molecule has 30 heavy (non-hydrogen) atoms. The van der Waals surface area contributed by atoms with Gasteiger partial charge in [-0.3, -0.25) is 14.4 Å². The van der Waals surface area contributed by atoms with Gasteiger partial charge in [0, 0.05) is 26.3 Å². The summed E-state index contributed by atoms with van der Waals surface area (Å²) < 4.78 is 19.0. The summed E-state index contributed by atoms with van der Waals surface area (Å²) in [4.78, 5) is 14.7. The lowest BCUT2D eigenvalue weighted by molar-refractivity contribution is -0.121. The summed E-state index contributed by atoms with van der Waals surface area (Å²) in [5, 5.41) is 7.24. The van der Waals surface area contributed by atoms with Crippen LogP contribution >= 0.6 is 0 Å². The van der Waals surface area contributed by atoms with E-state index in [0.29, 0.717) is 13.2 Å². The van der Waals surface area contributed by atoms with Crippen molar-refractivity contribution < 1.29 is 19.0 Å². The Morgan fingerprint density at radius 3 is 2.57 bits per heavy atom. The number of hydrogen-bond donors (Lipinski definition) is 1. The zero-order valence-corrected chi connectivity index (χ0v) is 18.2. The molecule has 0 radical (unpaired) electrons. The molecular weight excluding hydrogens is 384 g/mol. The summed E-state index contributed by atoms with van der Waals surface area (Å²) in [7, 11) is 5.17. The lowest BCUT2D eigenvalue weighted by atomic mass is 9.79. The van der Waals surface area contributed by atoms with Crippen molar-refractivity contribution in [3.8, 4) is 11.5 Å². The van der Waals surface area contributed by atoms with E-state index in [0.717, 1.165) is 55.2 Å². The number of aromatic nitrogens is 2. The van der Waals surface area contributed by atoms with Crippen molar-refractivity contribution in [1.82, 2.24) is 14.7 Å². The molecule has 0 atom stereocenters. The van der Waals surface area contributed by atoms with Gasteiger partial charge in [-0.15, -0.1) is 0 Å². The Hall–Kier alpha value is -2.58. The highest BCUT2D eigenvalue weighted by molar-refractivity contribution is 5.92. The molecule has 0 aliphatic carbocycles. The largest absolute Gasteiger partial charge is 0.493 e. The van der Waals surface area contributed by atoms with E-state index in [1.807, 2.05) is 20.2 Å². The Kier molecular flexibility index (Phi) is 5.71. The van der Waals surface area contributed by atoms with Gasteiger partial charge in [-0.2, -0.15) is 5.10 Å². The van der Waals surface area contributed by atoms with Gasteiger partial charge in [-0.05, 0) is 49.4 Å². The van der Waals surface area contributed by atoms with E-state index in [1.165, 1.54) is 11.1 Å². The first-order chi connectivity index (χ1) is 14.4. The number of aryl methyl sites for hydroxylation is 2. The molecule has 3 heterocycles. The number of ether oxygens (including phenoxy) is 3. The average molecular weight is 415 g/mol. The minimum atomic E-state index is -0.319. The van der Waals surface area contributed by atoms with Crippen LogP contribution < -0.4 is 14.8 Å². The molecule has 0 unspecified atom stereocenters. The number of anilines is 1. The molecule has 1 spiro atoms. The minimum Gasteiger partial charge on any atom is -0.493 e. The maximum absolute atomic E-state index is 12.5. The van der Waals surface area contributed by atoms with Crippen LogP contribution in [0.1, 0.15) is 29.7 Å². The predicted octanol–water partition coefficient (Wildman–Crippen LogP) is 2.25. The standard InChI is InChI=1S/C22H30N4O4/c1-15-18(13-25(2)24-15)23-21(27)14-26-8-6-22(7-9-26)17-12-20(29-4)19(28-3)11-16(17)5-10-30-22/h11-13H,5-10,14H2,1-4H3,(H,23,27). The first kappa shape index (κ1) is 20.7. The fourth-order valence-electron chi connectivity index (χ4n) is 4.59. The molecule has 1 aromatic heterocycles. The van der Waals surface area contributed by atoms with Crippen LogP contribution in [-0.2, 0) is 28.6 Å². The van der Waals surface area contributed by atoms with Gasteiger partial charge in [0.15, 0.2) is 11.5 Å². The molecule has 2 aliphatic rings. The van der Waals surface area contributed by atoms with Crippen LogP contribution in [-0.4, -0.2) is 61.0 Å². The lowest BCUT2D eigenvalue weighted by Crippen LogP contribution is -2.48. The normalized spacial score (nSPS) is 18.1. The number of carbonyl (C=O) groups is 1. The molecule has 0 saturated carbocycles. The van der Waals surface area contributed by atoms with E-state index in [2.05, 4.69) is 27.4 Å². The number of fused-ring (bicyclic) bond motifs is 2. The quantitative estimate of drug-likeness (QED) is 0.809. The smallest absolute Gasteiger partial charge is 0.238 e. The van der Waals surface area contributed by atoms with Crippen LogP contribution in [0.5, 0.6) is 11.5 Å². The van der Waals surface area contributed by atoms with Crippen molar-refractivity contribution in [2.75, 3.05) is 45.8 Å². The second kappa shape index (κ2) is 8.28. The van der Waals surface area contributed by atoms with Crippen LogP contribution in [0.3, 0.4) is 0 Å². The molecule has 1 saturated heterocycles. The molecule has 1 amide bonds. The van der Waals surface area contributed by atoms with Crippen molar-refractivity contribution in [2.24, 2.45) is 7.05 Å². The predicted molar refractivity (Wildman–Crippen MR) is 113 cm³/mol. The number of piperidine rings is 1. The summed E-state index contributed by atoms with van der Waals surface area (Å²) in [6.45, 7) is 4.55. The number of nitrogens with zero attached hydrogens (tertiary/aromatic N) is 3. The van der Waals surface area contributed by atoms with Gasteiger partial charge in [0.1, 0.15) is 0 Å². The Morgan fingerprint density at radius 2 is 1.93 bits per heavy atom. The van der Waals surface area contributed by atoms with Gasteiger partial charge in [-0.1, -0.05) is 0 Å². The van der Waals surface area contributed by atoms with Gasteiger partial charge in [0.05, 0.1) is 44.4 Å². The summed E-state index contributed by atoms with van der Waals surface area (Å²) in [6, 6.07) is 4.15. The van der Waals surface area contributed by atoms with Crippen LogP contribution in [0.25, 0.3) is 0 Å². The molecule has 1 aromatic carbocycles. The molecule has 8 heteroatoms. The SMILES string of the molecule is COc1cc2c(cc1OC)C1(CCN(CC(=O)Nc3cn(C)nc3C)CC1)OCC2. The van der Waals surface area contributed by atoms with Crippen LogP contribution in [0.2, 0.25) is 0 Å². The van der Waals surface area contributed by atoms with E-state index in [-0.39, 0.29) is 11.5 Å². The number of nitrogens with one attached hydrogen (secondary N) is 1. The highest BCUT2D eigenvalue weighted by atomic mass is 16.5. The van der Waals surface area contributed by atoms with E-state index < -0.39 is 0 Å². The van der Waals surface area contributed by atoms with Crippen molar-refractivity contribution in [3.63, 3.8) is 0 Å². The summed E-state index contributed by atoms with van der Waals surface area (Å²) in [5.41, 5.74) is 3.72. The fraction of sp³-hybridized carbons (Fsp3) is 0.545. The molecule has 1 N–H and O–H groups in total. The molecule has 0 bridgehead atoms. The summed E-state index contributed by atoms with van der Waals surface area (Å²) >= 11 is 0. The van der Waals surface area contributed by atoms with Gasteiger partial charge < -0.3 is 19.5 Å². The number of amides is 1. The lowest BCUT2D eigenvalue weighted by Gasteiger charge is -2.45. The molecule has 1 fully saturated rings. The minimum absolute atomic E-state index is 0.0154. The van der Waals surface area contributed by atoms with Gasteiger partial charge >= 0.3 is 0 Å². The molecular formula is C22H30N4O4. The highest BCUT2D eigenvalue weighted by Crippen LogP contribution is 2.45. The maximum atomic E-state index is 12.5. The van der Waals surface area contributed by atoms with Crippen LogP contribution in [0.4, 0.5) is 5.69 Å². The third kappa shape index (κ3) is 3.89. The number of carbonyl (C=O) groups excluding carboxylic acids is 1. The Bertz CT molecular complexity index is 931. The first-order valence-electron chi connectivity index (χ1n) is 10.4. The first-order valence-corrected chi connectivity index (χ1v) is 10.4. The molecule has 2 aliphatic heterocycles. The Morgan fingerprint density at radius 1 is 1.23 bits per heavy atom. The van der Waals surface area contributed by atoms with Gasteiger partial charge in [-0.25, -0.2) is 0 Å². The maximum Gasteiger partial charge on any atom is 0.238 e. The summed E-state index contributed by atoms with van der Waals surface area (Å²) in [5.74, 6) is 1.47. The van der Waals surface area contributed by atoms with Crippen LogP contribution in [0.15, 0.2) is 18.3 Å². The van der Waals surface area contributed by atoms with Gasteiger partial charge in [0.25, 0.3) is 0 Å². The third-order valence-electron chi connectivity index (χ3n) is 6.17. The number of rotatable bonds is 5. The number of likely N-dealkylation sites (tertiary alicyclic amines) is 1. The second-order valence-corrected chi connectivity index (χ2v) is 8.08. The fourth-order valence-corrected chi connectivity index (χ4v) is 4.59. The van der Waals surface area contributed by atoms with E-state index >= 15 is 0 Å². The second-order valence-electron chi connectivity index (χ2n) is 8.08. The number of methoxy groups -OCH3 is 2. The monoisotopic (exact) mass is 414 g/mol. The number of hydrogen-bond acceptors (Lipinski definition) is 6. The third-order valence-corrected chi connectivity index (χ3v) is 6.17. The van der Waals surface area contributed by atoms with Gasteiger partial charge in [0.2, 0.25) is 5.91 Å².